The minimum absolute atomic E-state index is 0.0542. The summed E-state index contributed by atoms with van der Waals surface area (Å²) in [5, 5.41) is 2.33. The molecule has 1 aliphatic heterocycles. The minimum atomic E-state index is -0.504. The second-order valence-corrected chi connectivity index (χ2v) is 5.82. The van der Waals surface area contributed by atoms with E-state index in [2.05, 4.69) is 4.99 Å². The third-order valence-electron chi connectivity index (χ3n) is 3.89. The van der Waals surface area contributed by atoms with Crippen LogP contribution in [0.5, 0.6) is 0 Å². The Labute approximate surface area is 140 Å². The van der Waals surface area contributed by atoms with Gasteiger partial charge in [0, 0.05) is 18.2 Å². The molecular weight excluding hydrogens is 310 g/mol. The first-order chi connectivity index (χ1) is 11.1. The number of hydrogen-bond acceptors (Lipinski definition) is 2. The molecular formula is C18H17ClN3O+. The number of hydrogen-bond donors (Lipinski definition) is 0. The number of benzene rings is 2. The summed E-state index contributed by atoms with van der Waals surface area (Å²) in [5.41, 5.74) is 2.64. The van der Waals surface area contributed by atoms with Crippen molar-refractivity contribution in [3.8, 4) is 0 Å². The van der Waals surface area contributed by atoms with E-state index in [1.807, 2.05) is 61.1 Å². The van der Waals surface area contributed by atoms with Crippen molar-refractivity contribution in [1.29, 1.82) is 0 Å². The topological polar surface area (TPSA) is 35.7 Å². The summed E-state index contributed by atoms with van der Waals surface area (Å²) in [4.78, 5) is 17.2. The molecule has 0 fully saturated rings. The first kappa shape index (κ1) is 15.4. The van der Waals surface area contributed by atoms with Gasteiger partial charge in [-0.25, -0.2) is 0 Å². The lowest BCUT2D eigenvalue weighted by atomic mass is 10.2. The number of carbonyl (C=O) groups is 1. The highest BCUT2D eigenvalue weighted by Crippen LogP contribution is 2.20. The Hall–Kier alpha value is -2.46. The lowest BCUT2D eigenvalue weighted by molar-refractivity contribution is -0.495. The third kappa shape index (κ3) is 3.03. The highest BCUT2D eigenvalue weighted by Gasteiger charge is 2.44. The molecule has 4 nitrogen and oxygen atoms in total. The zero-order chi connectivity index (χ0) is 16.4. The van der Waals surface area contributed by atoms with Gasteiger partial charge in [0.05, 0.1) is 0 Å². The fourth-order valence-electron chi connectivity index (χ4n) is 2.53. The molecule has 0 saturated carbocycles. The van der Waals surface area contributed by atoms with Gasteiger partial charge in [0.15, 0.2) is 7.05 Å². The fourth-order valence-corrected chi connectivity index (χ4v) is 2.65. The number of rotatable bonds is 3. The summed E-state index contributed by atoms with van der Waals surface area (Å²) >= 11 is 5.88. The maximum Gasteiger partial charge on any atom is 0.318 e. The number of para-hydroxylation sites is 1. The van der Waals surface area contributed by atoms with Crippen LogP contribution in [0.1, 0.15) is 12.5 Å². The van der Waals surface area contributed by atoms with E-state index in [0.717, 1.165) is 17.0 Å². The normalized spacial score (nSPS) is 18.3. The number of nitrogens with zero attached hydrogens (tertiary/aromatic N) is 3. The van der Waals surface area contributed by atoms with Crippen LogP contribution in [-0.2, 0) is 4.79 Å². The lowest BCUT2D eigenvalue weighted by Gasteiger charge is -2.10. The number of hydrazine groups is 1. The first-order valence-corrected chi connectivity index (χ1v) is 7.70. The van der Waals surface area contributed by atoms with Gasteiger partial charge in [0.2, 0.25) is 11.8 Å². The van der Waals surface area contributed by atoms with Crippen LogP contribution in [0.15, 0.2) is 59.6 Å². The maximum atomic E-state index is 12.7. The van der Waals surface area contributed by atoms with Gasteiger partial charge in [-0.1, -0.05) is 46.9 Å². The number of halogens is 1. The summed E-state index contributed by atoms with van der Waals surface area (Å²) in [6.45, 7) is 1.92. The van der Waals surface area contributed by atoms with Crippen LogP contribution in [0.3, 0.4) is 0 Å². The molecule has 0 radical (unpaired) electrons. The molecule has 0 saturated heterocycles. The second kappa shape index (κ2) is 6.34. The van der Waals surface area contributed by atoms with E-state index < -0.39 is 6.04 Å². The van der Waals surface area contributed by atoms with Crippen molar-refractivity contribution in [1.82, 2.24) is 0 Å². The zero-order valence-corrected chi connectivity index (χ0v) is 13.7. The van der Waals surface area contributed by atoms with Gasteiger partial charge in [-0.05, 0) is 29.8 Å². The molecule has 0 spiro atoms. The van der Waals surface area contributed by atoms with Crippen molar-refractivity contribution in [2.75, 3.05) is 12.1 Å². The zero-order valence-electron chi connectivity index (χ0n) is 13.0. The van der Waals surface area contributed by atoms with Crippen LogP contribution in [0.25, 0.3) is 0 Å². The lowest BCUT2D eigenvalue weighted by Crippen LogP contribution is -2.35. The highest BCUT2D eigenvalue weighted by atomic mass is 35.5. The minimum Gasteiger partial charge on any atom is -0.268 e. The molecule has 1 aliphatic rings. The van der Waals surface area contributed by atoms with Gasteiger partial charge in [0.25, 0.3) is 0 Å². The van der Waals surface area contributed by atoms with E-state index in [1.54, 1.807) is 23.4 Å². The molecule has 1 amide bonds. The van der Waals surface area contributed by atoms with E-state index >= 15 is 0 Å². The molecule has 3 rings (SSSR count). The maximum absolute atomic E-state index is 12.7. The van der Waals surface area contributed by atoms with E-state index in [0.29, 0.717) is 5.02 Å². The van der Waals surface area contributed by atoms with Gasteiger partial charge >= 0.3 is 5.91 Å². The SMILES string of the molecule is CC1=[N+](C)N(c2ccccc2)C(=O)[C@@H]1N=Cc1ccc(Cl)cc1. The molecule has 0 N–H and O–H groups in total. The summed E-state index contributed by atoms with van der Waals surface area (Å²) < 4.78 is 1.85. The Morgan fingerprint density at radius 2 is 1.78 bits per heavy atom. The molecule has 1 atom stereocenters. The van der Waals surface area contributed by atoms with E-state index in [-0.39, 0.29) is 5.91 Å². The van der Waals surface area contributed by atoms with Crippen molar-refractivity contribution in [2.24, 2.45) is 4.99 Å². The van der Waals surface area contributed by atoms with E-state index in [4.69, 9.17) is 11.6 Å². The number of amides is 1. The summed E-state index contributed by atoms with van der Waals surface area (Å²) in [5.74, 6) is -0.0542. The van der Waals surface area contributed by atoms with Crippen molar-refractivity contribution >= 4 is 35.1 Å². The number of carbonyl (C=O) groups excluding carboxylic acids is 1. The van der Waals surface area contributed by atoms with Gasteiger partial charge in [-0.15, -0.1) is 4.68 Å². The van der Waals surface area contributed by atoms with E-state index in [9.17, 15) is 4.79 Å². The number of hydrazone groups is 1. The molecule has 0 aromatic heterocycles. The number of aliphatic imine (C=N–C) groups is 1. The van der Waals surface area contributed by atoms with Gasteiger partial charge in [-0.2, -0.15) is 0 Å². The Balaban J connectivity index is 1.87. The Morgan fingerprint density at radius 3 is 2.43 bits per heavy atom. The molecule has 5 heteroatoms. The molecule has 2 aromatic carbocycles. The average Bonchev–Trinajstić information content (AvgIpc) is 2.78. The summed E-state index contributed by atoms with van der Waals surface area (Å²) in [6.07, 6.45) is 1.71. The van der Waals surface area contributed by atoms with Crippen LogP contribution in [0, 0.1) is 0 Å². The average molecular weight is 327 g/mol. The predicted octanol–water partition coefficient (Wildman–Crippen LogP) is 3.19. The molecule has 2 aromatic rings. The monoisotopic (exact) mass is 326 g/mol. The Bertz CT molecular complexity index is 782. The van der Waals surface area contributed by atoms with Crippen molar-refractivity contribution in [3.05, 3.63) is 65.2 Å². The molecule has 0 bridgehead atoms. The smallest absolute Gasteiger partial charge is 0.268 e. The number of anilines is 1. The van der Waals surface area contributed by atoms with Crippen LogP contribution in [0.2, 0.25) is 5.02 Å². The van der Waals surface area contributed by atoms with Crippen LogP contribution >= 0.6 is 11.6 Å². The quantitative estimate of drug-likeness (QED) is 0.630. The van der Waals surface area contributed by atoms with Crippen LogP contribution < -0.4 is 5.01 Å². The summed E-state index contributed by atoms with van der Waals surface area (Å²) in [7, 11) is 1.87. The second-order valence-electron chi connectivity index (χ2n) is 5.38. The standard InChI is InChI=1S/C18H17ClN3O/c1-13-17(20-12-14-8-10-15(19)11-9-14)18(23)22(21(13)2)16-6-4-3-5-7-16/h3-12,17H,1-2H3/q+1/t17-/m1/s1. The van der Waals surface area contributed by atoms with Crippen molar-refractivity contribution < 1.29 is 9.48 Å². The van der Waals surface area contributed by atoms with Crippen LogP contribution in [-0.4, -0.2) is 35.6 Å². The highest BCUT2D eigenvalue weighted by molar-refractivity contribution is 6.30. The Morgan fingerprint density at radius 1 is 1.13 bits per heavy atom. The predicted molar refractivity (Wildman–Crippen MR) is 93.6 cm³/mol. The first-order valence-electron chi connectivity index (χ1n) is 7.33. The molecule has 23 heavy (non-hydrogen) atoms. The van der Waals surface area contributed by atoms with Crippen molar-refractivity contribution in [2.45, 2.75) is 13.0 Å². The van der Waals surface area contributed by atoms with E-state index in [1.165, 1.54) is 0 Å². The third-order valence-corrected chi connectivity index (χ3v) is 4.14. The van der Waals surface area contributed by atoms with Gasteiger partial charge in [0.1, 0.15) is 5.69 Å². The molecule has 0 unspecified atom stereocenters. The molecule has 0 aliphatic carbocycles. The molecule has 116 valence electrons. The fraction of sp³-hybridized carbons (Fsp3) is 0.167. The Kier molecular flexibility index (Phi) is 4.26. The largest absolute Gasteiger partial charge is 0.318 e. The molecule has 1 heterocycles. The van der Waals surface area contributed by atoms with Gasteiger partial charge in [-0.3, -0.25) is 9.79 Å². The van der Waals surface area contributed by atoms with Gasteiger partial charge < -0.3 is 0 Å². The van der Waals surface area contributed by atoms with Crippen molar-refractivity contribution in [3.63, 3.8) is 0 Å². The summed E-state index contributed by atoms with van der Waals surface area (Å²) in [6, 6.07) is 16.4. The van der Waals surface area contributed by atoms with Crippen LogP contribution in [0.4, 0.5) is 5.69 Å².